The number of morpholine rings is 1. The normalized spacial score (nSPS) is 15.7. The van der Waals surface area contributed by atoms with Crippen LogP contribution in [0.25, 0.3) is 0 Å². The van der Waals surface area contributed by atoms with Crippen LogP contribution in [-0.2, 0) is 4.74 Å². The summed E-state index contributed by atoms with van der Waals surface area (Å²) in [6, 6.07) is 4.82. The van der Waals surface area contributed by atoms with E-state index in [1.165, 1.54) is 13.2 Å². The Morgan fingerprint density at radius 3 is 2.86 bits per heavy atom. The second-order valence-corrected chi connectivity index (χ2v) is 4.88. The molecule has 116 valence electrons. The smallest absolute Gasteiger partial charge is 0.311 e. The molecule has 0 aliphatic carbocycles. The topological polar surface area (TPSA) is 76.9 Å². The number of nitrogens with zero attached hydrogens (tertiary/aromatic N) is 2. The van der Waals surface area contributed by atoms with Crippen LogP contribution in [0.4, 0.5) is 11.4 Å². The van der Waals surface area contributed by atoms with Crippen molar-refractivity contribution in [3.8, 4) is 5.75 Å². The molecule has 0 spiro atoms. The minimum absolute atomic E-state index is 0.0173. The third-order valence-corrected chi connectivity index (χ3v) is 3.46. The summed E-state index contributed by atoms with van der Waals surface area (Å²) in [5.74, 6) is 0.276. The van der Waals surface area contributed by atoms with Crippen LogP contribution in [0.3, 0.4) is 0 Å². The van der Waals surface area contributed by atoms with Crippen molar-refractivity contribution in [2.45, 2.75) is 6.42 Å². The quantitative estimate of drug-likeness (QED) is 0.469. The fourth-order valence-corrected chi connectivity index (χ4v) is 2.30. The zero-order valence-electron chi connectivity index (χ0n) is 12.2. The minimum Gasteiger partial charge on any atom is -0.490 e. The Labute approximate surface area is 124 Å². The molecule has 7 nitrogen and oxygen atoms in total. The van der Waals surface area contributed by atoms with Gasteiger partial charge in [-0.3, -0.25) is 15.0 Å². The van der Waals surface area contributed by atoms with Crippen molar-refractivity contribution >= 4 is 11.4 Å². The Morgan fingerprint density at radius 2 is 2.19 bits per heavy atom. The average molecular weight is 295 g/mol. The van der Waals surface area contributed by atoms with Crippen molar-refractivity contribution in [1.82, 2.24) is 4.90 Å². The summed E-state index contributed by atoms with van der Waals surface area (Å²) in [5.41, 5.74) is 0.816. The second-order valence-electron chi connectivity index (χ2n) is 4.88. The number of nitro groups is 1. The molecule has 0 amide bonds. The van der Waals surface area contributed by atoms with Crippen LogP contribution >= 0.6 is 0 Å². The lowest BCUT2D eigenvalue weighted by Crippen LogP contribution is -2.37. The van der Waals surface area contributed by atoms with E-state index in [4.69, 9.17) is 9.47 Å². The highest BCUT2D eigenvalue weighted by Crippen LogP contribution is 2.29. The number of benzene rings is 1. The highest BCUT2D eigenvalue weighted by Gasteiger charge is 2.14. The lowest BCUT2D eigenvalue weighted by atomic mass is 10.2. The van der Waals surface area contributed by atoms with Crippen molar-refractivity contribution in [1.29, 1.82) is 0 Å². The van der Waals surface area contributed by atoms with E-state index in [1.54, 1.807) is 12.1 Å². The van der Waals surface area contributed by atoms with Gasteiger partial charge in [0, 0.05) is 37.5 Å². The van der Waals surface area contributed by atoms with Crippen LogP contribution in [0.2, 0.25) is 0 Å². The summed E-state index contributed by atoms with van der Waals surface area (Å²) in [5, 5.41) is 14.1. The van der Waals surface area contributed by atoms with Gasteiger partial charge in [-0.2, -0.15) is 0 Å². The van der Waals surface area contributed by atoms with Crippen molar-refractivity contribution in [2.75, 3.05) is 51.8 Å². The van der Waals surface area contributed by atoms with Crippen LogP contribution in [0.15, 0.2) is 18.2 Å². The minimum atomic E-state index is -0.443. The van der Waals surface area contributed by atoms with E-state index in [0.29, 0.717) is 0 Å². The van der Waals surface area contributed by atoms with E-state index in [2.05, 4.69) is 10.2 Å². The zero-order chi connectivity index (χ0) is 15.1. The molecule has 1 saturated heterocycles. The van der Waals surface area contributed by atoms with E-state index < -0.39 is 4.92 Å². The monoisotopic (exact) mass is 295 g/mol. The SMILES string of the molecule is COc1cc(NCCCN2CCOCC2)ccc1[N+](=O)[O-]. The molecule has 0 radical (unpaired) electrons. The molecule has 0 saturated carbocycles. The van der Waals surface area contributed by atoms with Crippen LogP contribution in [0.5, 0.6) is 5.75 Å². The fraction of sp³-hybridized carbons (Fsp3) is 0.571. The maximum atomic E-state index is 10.8. The van der Waals surface area contributed by atoms with E-state index >= 15 is 0 Å². The molecule has 0 bridgehead atoms. The first-order valence-electron chi connectivity index (χ1n) is 7.07. The molecule has 21 heavy (non-hydrogen) atoms. The first-order valence-corrected chi connectivity index (χ1v) is 7.07. The number of methoxy groups -OCH3 is 1. The third-order valence-electron chi connectivity index (χ3n) is 3.46. The Hall–Kier alpha value is -1.86. The summed E-state index contributed by atoms with van der Waals surface area (Å²) < 4.78 is 10.4. The maximum Gasteiger partial charge on any atom is 0.311 e. The second kappa shape index (κ2) is 7.80. The van der Waals surface area contributed by atoms with Crippen LogP contribution < -0.4 is 10.1 Å². The third kappa shape index (κ3) is 4.57. The van der Waals surface area contributed by atoms with Gasteiger partial charge in [0.1, 0.15) is 0 Å². The molecule has 1 aliphatic heterocycles. The molecule has 0 aromatic heterocycles. The van der Waals surface area contributed by atoms with Gasteiger partial charge < -0.3 is 14.8 Å². The molecule has 1 aromatic carbocycles. The number of nitro benzene ring substituents is 1. The summed E-state index contributed by atoms with van der Waals surface area (Å²) >= 11 is 0. The summed E-state index contributed by atoms with van der Waals surface area (Å²) in [7, 11) is 1.44. The zero-order valence-corrected chi connectivity index (χ0v) is 12.2. The van der Waals surface area contributed by atoms with Gasteiger partial charge in [0.2, 0.25) is 0 Å². The molecular weight excluding hydrogens is 274 g/mol. The lowest BCUT2D eigenvalue weighted by molar-refractivity contribution is -0.385. The van der Waals surface area contributed by atoms with Gasteiger partial charge in [-0.15, -0.1) is 0 Å². The molecule has 1 heterocycles. The number of rotatable bonds is 7. The van der Waals surface area contributed by atoms with Gasteiger partial charge >= 0.3 is 5.69 Å². The number of anilines is 1. The Balaban J connectivity index is 1.78. The van der Waals surface area contributed by atoms with Crippen LogP contribution in [0, 0.1) is 10.1 Å². The van der Waals surface area contributed by atoms with E-state index in [0.717, 1.165) is 51.5 Å². The molecule has 0 atom stereocenters. The number of hydrogen-bond donors (Lipinski definition) is 1. The first-order chi connectivity index (χ1) is 10.2. The number of nitrogens with one attached hydrogen (secondary N) is 1. The summed E-state index contributed by atoms with van der Waals surface area (Å²) in [4.78, 5) is 12.7. The Bertz CT molecular complexity index is 475. The fourth-order valence-electron chi connectivity index (χ4n) is 2.30. The summed E-state index contributed by atoms with van der Waals surface area (Å²) in [6.45, 7) is 5.45. The maximum absolute atomic E-state index is 10.8. The Kier molecular flexibility index (Phi) is 5.77. The molecule has 1 aromatic rings. The predicted molar refractivity (Wildman–Crippen MR) is 80.0 cm³/mol. The van der Waals surface area contributed by atoms with Gasteiger partial charge in [0.25, 0.3) is 0 Å². The molecule has 1 N–H and O–H groups in total. The molecule has 2 rings (SSSR count). The van der Waals surface area contributed by atoms with E-state index in [-0.39, 0.29) is 11.4 Å². The summed E-state index contributed by atoms with van der Waals surface area (Å²) in [6.07, 6.45) is 1.01. The van der Waals surface area contributed by atoms with E-state index in [9.17, 15) is 10.1 Å². The number of hydrogen-bond acceptors (Lipinski definition) is 6. The van der Waals surface area contributed by atoms with Crippen molar-refractivity contribution in [2.24, 2.45) is 0 Å². The molecule has 7 heteroatoms. The van der Waals surface area contributed by atoms with Crippen LogP contribution in [-0.4, -0.2) is 56.3 Å². The van der Waals surface area contributed by atoms with Gasteiger partial charge in [0.05, 0.1) is 25.2 Å². The van der Waals surface area contributed by atoms with Gasteiger partial charge in [-0.25, -0.2) is 0 Å². The van der Waals surface area contributed by atoms with Gasteiger partial charge in [0.15, 0.2) is 5.75 Å². The van der Waals surface area contributed by atoms with Crippen molar-refractivity contribution < 1.29 is 14.4 Å². The van der Waals surface area contributed by atoms with Gasteiger partial charge in [-0.05, 0) is 19.0 Å². The largest absolute Gasteiger partial charge is 0.490 e. The highest BCUT2D eigenvalue weighted by atomic mass is 16.6. The van der Waals surface area contributed by atoms with Crippen LogP contribution in [0.1, 0.15) is 6.42 Å². The highest BCUT2D eigenvalue weighted by molar-refractivity contribution is 5.57. The van der Waals surface area contributed by atoms with Gasteiger partial charge in [-0.1, -0.05) is 0 Å². The number of ether oxygens (including phenoxy) is 2. The van der Waals surface area contributed by atoms with Crippen molar-refractivity contribution in [3.05, 3.63) is 28.3 Å². The molecule has 0 unspecified atom stereocenters. The standard InChI is InChI=1S/C14H21N3O4/c1-20-14-11-12(3-4-13(14)17(18)19)15-5-2-6-16-7-9-21-10-8-16/h3-4,11,15H,2,5-10H2,1H3. The first kappa shape index (κ1) is 15.5. The molecular formula is C14H21N3O4. The Morgan fingerprint density at radius 1 is 1.43 bits per heavy atom. The molecule has 1 aliphatic rings. The lowest BCUT2D eigenvalue weighted by Gasteiger charge is -2.26. The molecule has 1 fully saturated rings. The predicted octanol–water partition coefficient (Wildman–Crippen LogP) is 1.74. The van der Waals surface area contributed by atoms with Crippen molar-refractivity contribution in [3.63, 3.8) is 0 Å². The average Bonchev–Trinajstić information content (AvgIpc) is 2.52. The van der Waals surface area contributed by atoms with E-state index in [1.807, 2.05) is 0 Å².